The van der Waals surface area contributed by atoms with Crippen molar-refractivity contribution >= 4 is 11.8 Å². The zero-order valence-electron chi connectivity index (χ0n) is 6.87. The number of hydrogen-bond acceptors (Lipinski definition) is 2. The van der Waals surface area contributed by atoms with Crippen molar-refractivity contribution in [3.63, 3.8) is 0 Å². The second-order valence-corrected chi connectivity index (χ2v) is 3.95. The molecule has 10 heavy (non-hydrogen) atoms. The highest BCUT2D eigenvalue weighted by Gasteiger charge is 2.15. The van der Waals surface area contributed by atoms with E-state index in [0.717, 1.165) is 0 Å². The van der Waals surface area contributed by atoms with Crippen LogP contribution in [-0.2, 0) is 0 Å². The standard InChI is InChI=1S/C8H15NS/c1-7(2)9-4-5-10-6-8(9)3/h4-5,7-8H,6H2,1-3H3/t8-/m0/s1. The van der Waals surface area contributed by atoms with Gasteiger partial charge in [-0.1, -0.05) is 0 Å². The van der Waals surface area contributed by atoms with Gasteiger partial charge in [0.05, 0.1) is 0 Å². The number of thioether (sulfide) groups is 1. The van der Waals surface area contributed by atoms with E-state index >= 15 is 0 Å². The van der Waals surface area contributed by atoms with Crippen LogP contribution in [0.5, 0.6) is 0 Å². The second kappa shape index (κ2) is 3.33. The van der Waals surface area contributed by atoms with Crippen molar-refractivity contribution in [3.8, 4) is 0 Å². The third kappa shape index (κ3) is 1.69. The summed E-state index contributed by atoms with van der Waals surface area (Å²) in [5.74, 6) is 1.23. The zero-order chi connectivity index (χ0) is 7.56. The highest BCUT2D eigenvalue weighted by molar-refractivity contribution is 8.02. The molecule has 0 bridgehead atoms. The predicted octanol–water partition coefficient (Wildman–Crippen LogP) is 2.30. The zero-order valence-corrected chi connectivity index (χ0v) is 7.69. The molecule has 0 aromatic carbocycles. The number of rotatable bonds is 1. The van der Waals surface area contributed by atoms with E-state index in [1.54, 1.807) is 0 Å². The Bertz CT molecular complexity index is 131. The van der Waals surface area contributed by atoms with E-state index in [2.05, 4.69) is 37.3 Å². The summed E-state index contributed by atoms with van der Waals surface area (Å²) >= 11 is 1.90. The summed E-state index contributed by atoms with van der Waals surface area (Å²) in [5, 5.41) is 2.18. The number of nitrogens with zero attached hydrogens (tertiary/aromatic N) is 1. The van der Waals surface area contributed by atoms with E-state index in [0.29, 0.717) is 12.1 Å². The van der Waals surface area contributed by atoms with E-state index in [9.17, 15) is 0 Å². The van der Waals surface area contributed by atoms with Gasteiger partial charge in [0.2, 0.25) is 0 Å². The molecule has 0 amide bonds. The maximum Gasteiger partial charge on any atom is 0.0353 e. The Morgan fingerprint density at radius 2 is 2.30 bits per heavy atom. The van der Waals surface area contributed by atoms with Crippen molar-refractivity contribution in [1.29, 1.82) is 0 Å². The van der Waals surface area contributed by atoms with Crippen LogP contribution >= 0.6 is 11.8 Å². The first-order chi connectivity index (χ1) is 4.72. The summed E-state index contributed by atoms with van der Waals surface area (Å²) in [6.07, 6.45) is 2.20. The van der Waals surface area contributed by atoms with Crippen molar-refractivity contribution < 1.29 is 0 Å². The summed E-state index contributed by atoms with van der Waals surface area (Å²) < 4.78 is 0. The molecular formula is C8H15NS. The van der Waals surface area contributed by atoms with Crippen molar-refractivity contribution in [2.75, 3.05) is 5.75 Å². The van der Waals surface area contributed by atoms with Crippen LogP contribution in [0, 0.1) is 0 Å². The molecule has 0 spiro atoms. The van der Waals surface area contributed by atoms with Crippen LogP contribution in [0.3, 0.4) is 0 Å². The highest BCUT2D eigenvalue weighted by Crippen LogP contribution is 2.18. The fourth-order valence-corrected chi connectivity index (χ4v) is 2.01. The van der Waals surface area contributed by atoms with E-state index in [1.807, 2.05) is 11.8 Å². The molecule has 0 aromatic heterocycles. The lowest BCUT2D eigenvalue weighted by molar-refractivity contribution is 0.258. The van der Waals surface area contributed by atoms with E-state index in [4.69, 9.17) is 0 Å². The molecule has 0 saturated carbocycles. The summed E-state index contributed by atoms with van der Waals surface area (Å²) in [5.41, 5.74) is 0. The molecule has 0 aliphatic carbocycles. The van der Waals surface area contributed by atoms with Crippen molar-refractivity contribution in [3.05, 3.63) is 11.6 Å². The Balaban J connectivity index is 2.55. The topological polar surface area (TPSA) is 3.24 Å². The molecule has 0 saturated heterocycles. The maximum absolute atomic E-state index is 2.40. The Hall–Kier alpha value is -0.110. The molecule has 0 radical (unpaired) electrons. The van der Waals surface area contributed by atoms with Gasteiger partial charge >= 0.3 is 0 Å². The summed E-state index contributed by atoms with van der Waals surface area (Å²) in [7, 11) is 0. The normalized spacial score (nSPS) is 26.0. The molecule has 0 N–H and O–H groups in total. The third-order valence-corrected chi connectivity index (χ3v) is 2.76. The fraction of sp³-hybridized carbons (Fsp3) is 0.750. The first kappa shape index (κ1) is 7.99. The molecular weight excluding hydrogens is 142 g/mol. The Labute approximate surface area is 67.5 Å². The van der Waals surface area contributed by atoms with Crippen LogP contribution < -0.4 is 0 Å². The average Bonchev–Trinajstić information content (AvgIpc) is 1.88. The van der Waals surface area contributed by atoms with Gasteiger partial charge in [-0.05, 0) is 26.2 Å². The summed E-state index contributed by atoms with van der Waals surface area (Å²) in [6, 6.07) is 1.35. The van der Waals surface area contributed by atoms with Crippen molar-refractivity contribution in [2.24, 2.45) is 0 Å². The molecule has 1 aliphatic heterocycles. The molecule has 0 fully saturated rings. The third-order valence-electron chi connectivity index (χ3n) is 1.77. The second-order valence-electron chi connectivity index (χ2n) is 3.01. The van der Waals surface area contributed by atoms with Crippen LogP contribution in [0.25, 0.3) is 0 Å². The molecule has 58 valence electrons. The van der Waals surface area contributed by atoms with Crippen LogP contribution in [0.2, 0.25) is 0 Å². The minimum Gasteiger partial charge on any atom is -0.371 e. The van der Waals surface area contributed by atoms with E-state index in [1.165, 1.54) is 5.75 Å². The largest absolute Gasteiger partial charge is 0.371 e. The van der Waals surface area contributed by atoms with Gasteiger partial charge in [0.1, 0.15) is 0 Å². The average molecular weight is 157 g/mol. The van der Waals surface area contributed by atoms with E-state index < -0.39 is 0 Å². The van der Waals surface area contributed by atoms with Gasteiger partial charge in [-0.3, -0.25) is 0 Å². The first-order valence-corrected chi connectivity index (χ1v) is 4.82. The summed E-state index contributed by atoms with van der Waals surface area (Å²) in [6.45, 7) is 6.74. The van der Waals surface area contributed by atoms with Gasteiger partial charge in [-0.15, -0.1) is 11.8 Å². The SMILES string of the molecule is CC(C)N1C=CSC[C@@H]1C. The lowest BCUT2D eigenvalue weighted by Gasteiger charge is -2.33. The van der Waals surface area contributed by atoms with Crippen LogP contribution in [-0.4, -0.2) is 22.7 Å². The minimum absolute atomic E-state index is 0.646. The quantitative estimate of drug-likeness (QED) is 0.574. The van der Waals surface area contributed by atoms with E-state index in [-0.39, 0.29) is 0 Å². The Kier molecular flexibility index (Phi) is 2.66. The fourth-order valence-electron chi connectivity index (χ4n) is 1.22. The van der Waals surface area contributed by atoms with Crippen molar-refractivity contribution in [2.45, 2.75) is 32.9 Å². The molecule has 0 aromatic rings. The Morgan fingerprint density at radius 1 is 1.60 bits per heavy atom. The highest BCUT2D eigenvalue weighted by atomic mass is 32.2. The van der Waals surface area contributed by atoms with Gasteiger partial charge in [0, 0.05) is 24.0 Å². The lowest BCUT2D eigenvalue weighted by Crippen LogP contribution is -2.37. The van der Waals surface area contributed by atoms with Crippen LogP contribution in [0.4, 0.5) is 0 Å². The van der Waals surface area contributed by atoms with Gasteiger partial charge < -0.3 is 4.90 Å². The molecule has 1 atom stereocenters. The van der Waals surface area contributed by atoms with Crippen molar-refractivity contribution in [1.82, 2.24) is 4.90 Å². The van der Waals surface area contributed by atoms with Gasteiger partial charge in [0.25, 0.3) is 0 Å². The maximum atomic E-state index is 2.40. The van der Waals surface area contributed by atoms with Gasteiger partial charge in [0.15, 0.2) is 0 Å². The first-order valence-electron chi connectivity index (χ1n) is 3.77. The Morgan fingerprint density at radius 3 is 2.70 bits per heavy atom. The molecule has 1 aliphatic rings. The van der Waals surface area contributed by atoms with Gasteiger partial charge in [-0.2, -0.15) is 0 Å². The molecule has 1 heterocycles. The molecule has 1 rings (SSSR count). The molecule has 0 unspecified atom stereocenters. The van der Waals surface area contributed by atoms with Crippen LogP contribution in [0.15, 0.2) is 11.6 Å². The number of hydrogen-bond donors (Lipinski definition) is 0. The monoisotopic (exact) mass is 157 g/mol. The molecule has 2 heteroatoms. The molecule has 1 nitrogen and oxygen atoms in total. The van der Waals surface area contributed by atoms with Gasteiger partial charge in [-0.25, -0.2) is 0 Å². The lowest BCUT2D eigenvalue weighted by atomic mass is 10.2. The summed E-state index contributed by atoms with van der Waals surface area (Å²) in [4.78, 5) is 2.40. The minimum atomic E-state index is 0.646. The predicted molar refractivity (Wildman–Crippen MR) is 48.0 cm³/mol. The van der Waals surface area contributed by atoms with Crippen LogP contribution in [0.1, 0.15) is 20.8 Å². The smallest absolute Gasteiger partial charge is 0.0353 e.